The highest BCUT2D eigenvalue weighted by Crippen LogP contribution is 2.32. The minimum Gasteiger partial charge on any atom is -0.495 e. The lowest BCUT2D eigenvalue weighted by Crippen LogP contribution is -2.27. The van der Waals surface area contributed by atoms with Crippen LogP contribution >= 0.6 is 11.6 Å². The smallest absolute Gasteiger partial charge is 0.416 e. The van der Waals surface area contributed by atoms with Crippen LogP contribution < -0.4 is 15.4 Å². The first-order valence-corrected chi connectivity index (χ1v) is 9.29. The molecule has 0 aliphatic carbocycles. The van der Waals surface area contributed by atoms with Gasteiger partial charge in [-0.25, -0.2) is 0 Å². The molecule has 1 unspecified atom stereocenters. The van der Waals surface area contributed by atoms with Crippen LogP contribution in [0.5, 0.6) is 5.75 Å². The van der Waals surface area contributed by atoms with Gasteiger partial charge in [-0.05, 0) is 42.0 Å². The molecule has 3 rings (SSSR count). The molecule has 2 N–H and O–H groups in total. The fourth-order valence-electron chi connectivity index (χ4n) is 2.86. The Hall–Kier alpha value is -3.19. The number of benzene rings is 3. The Labute approximate surface area is 176 Å². The van der Waals surface area contributed by atoms with E-state index in [9.17, 15) is 18.0 Å². The number of alkyl halides is 3. The predicted octanol–water partition coefficient (Wildman–Crippen LogP) is 6.16. The SMILES string of the molecule is COc1ccc(NC(C(=O)Nc2cccc(C(F)(F)F)c2)c2ccccc2)cc1Cl. The van der Waals surface area contributed by atoms with Crippen LogP contribution in [0.1, 0.15) is 17.2 Å². The van der Waals surface area contributed by atoms with Gasteiger partial charge in [0.2, 0.25) is 0 Å². The highest BCUT2D eigenvalue weighted by molar-refractivity contribution is 6.32. The Morgan fingerprint density at radius 1 is 0.967 bits per heavy atom. The van der Waals surface area contributed by atoms with Gasteiger partial charge in [-0.15, -0.1) is 0 Å². The third kappa shape index (κ3) is 5.24. The van der Waals surface area contributed by atoms with Crippen LogP contribution in [0.3, 0.4) is 0 Å². The van der Waals surface area contributed by atoms with Crippen molar-refractivity contribution in [2.45, 2.75) is 12.2 Å². The van der Waals surface area contributed by atoms with Crippen molar-refractivity contribution in [1.82, 2.24) is 0 Å². The summed E-state index contributed by atoms with van der Waals surface area (Å²) in [6.07, 6.45) is -4.50. The maximum atomic E-state index is 13.0. The number of hydrogen-bond donors (Lipinski definition) is 2. The standard InChI is InChI=1S/C22H18ClF3N2O2/c1-30-19-11-10-17(13-18(19)23)27-20(14-6-3-2-4-7-14)21(29)28-16-9-5-8-15(12-16)22(24,25)26/h2-13,20,27H,1H3,(H,28,29). The van der Waals surface area contributed by atoms with Gasteiger partial charge in [-0.1, -0.05) is 48.0 Å². The number of carbonyl (C=O) groups is 1. The number of halogens is 4. The van der Waals surface area contributed by atoms with Crippen LogP contribution in [-0.2, 0) is 11.0 Å². The summed E-state index contributed by atoms with van der Waals surface area (Å²) in [4.78, 5) is 13.0. The van der Waals surface area contributed by atoms with E-state index < -0.39 is 23.7 Å². The number of carbonyl (C=O) groups excluding carboxylic acids is 1. The van der Waals surface area contributed by atoms with E-state index >= 15 is 0 Å². The second-order valence-electron chi connectivity index (χ2n) is 6.41. The van der Waals surface area contributed by atoms with Gasteiger partial charge in [0.05, 0.1) is 17.7 Å². The molecule has 0 radical (unpaired) electrons. The first kappa shape index (κ1) is 21.5. The van der Waals surface area contributed by atoms with E-state index in [1.165, 1.54) is 19.2 Å². The van der Waals surface area contributed by atoms with E-state index in [0.717, 1.165) is 12.1 Å². The predicted molar refractivity (Wildman–Crippen MR) is 111 cm³/mol. The summed E-state index contributed by atoms with van der Waals surface area (Å²) < 4.78 is 44.0. The van der Waals surface area contributed by atoms with Gasteiger partial charge in [0, 0.05) is 11.4 Å². The van der Waals surface area contributed by atoms with Crippen molar-refractivity contribution in [3.05, 3.63) is 88.9 Å². The summed E-state index contributed by atoms with van der Waals surface area (Å²) in [5.41, 5.74) is 0.388. The Balaban J connectivity index is 1.88. The monoisotopic (exact) mass is 434 g/mol. The normalized spacial score (nSPS) is 12.2. The lowest BCUT2D eigenvalue weighted by atomic mass is 10.1. The van der Waals surface area contributed by atoms with E-state index in [0.29, 0.717) is 22.0 Å². The number of ether oxygens (including phenoxy) is 1. The molecule has 0 aromatic heterocycles. The fraction of sp³-hybridized carbons (Fsp3) is 0.136. The van der Waals surface area contributed by atoms with Crippen LogP contribution in [0.2, 0.25) is 5.02 Å². The zero-order chi connectivity index (χ0) is 21.7. The first-order valence-electron chi connectivity index (χ1n) is 8.91. The van der Waals surface area contributed by atoms with E-state index in [1.54, 1.807) is 48.5 Å². The number of rotatable bonds is 6. The van der Waals surface area contributed by atoms with Crippen LogP contribution in [0.25, 0.3) is 0 Å². The molecule has 30 heavy (non-hydrogen) atoms. The maximum absolute atomic E-state index is 13.0. The van der Waals surface area contributed by atoms with Crippen LogP contribution in [-0.4, -0.2) is 13.0 Å². The topological polar surface area (TPSA) is 50.4 Å². The third-order valence-corrected chi connectivity index (χ3v) is 4.61. The van der Waals surface area contributed by atoms with Gasteiger partial charge < -0.3 is 15.4 Å². The Morgan fingerprint density at radius 3 is 2.33 bits per heavy atom. The lowest BCUT2D eigenvalue weighted by Gasteiger charge is -2.21. The molecule has 0 aliphatic heterocycles. The summed E-state index contributed by atoms with van der Waals surface area (Å²) in [5, 5.41) is 5.98. The lowest BCUT2D eigenvalue weighted by molar-refractivity contribution is -0.137. The van der Waals surface area contributed by atoms with Crippen molar-refractivity contribution in [2.75, 3.05) is 17.7 Å². The fourth-order valence-corrected chi connectivity index (χ4v) is 3.11. The molecule has 1 atom stereocenters. The van der Waals surface area contributed by atoms with Crippen LogP contribution in [0.4, 0.5) is 24.5 Å². The van der Waals surface area contributed by atoms with Crippen molar-refractivity contribution in [3.8, 4) is 5.75 Å². The Bertz CT molecular complexity index is 1030. The Kier molecular flexibility index (Phi) is 6.52. The van der Waals surface area contributed by atoms with E-state index in [4.69, 9.17) is 16.3 Å². The summed E-state index contributed by atoms with van der Waals surface area (Å²) in [6, 6.07) is 17.4. The largest absolute Gasteiger partial charge is 0.495 e. The second-order valence-corrected chi connectivity index (χ2v) is 6.81. The molecule has 0 saturated carbocycles. The molecule has 0 fully saturated rings. The number of anilines is 2. The van der Waals surface area contributed by atoms with Crippen molar-refractivity contribution in [3.63, 3.8) is 0 Å². The van der Waals surface area contributed by atoms with Gasteiger partial charge in [-0.3, -0.25) is 4.79 Å². The minimum absolute atomic E-state index is 0.0466. The average Bonchev–Trinajstić information content (AvgIpc) is 2.72. The number of amides is 1. The molecule has 3 aromatic rings. The van der Waals surface area contributed by atoms with Crippen molar-refractivity contribution < 1.29 is 22.7 Å². The van der Waals surface area contributed by atoms with Gasteiger partial charge in [0.25, 0.3) is 5.91 Å². The third-order valence-electron chi connectivity index (χ3n) is 4.32. The minimum atomic E-state index is -4.50. The molecule has 0 saturated heterocycles. The maximum Gasteiger partial charge on any atom is 0.416 e. The number of nitrogens with one attached hydrogen (secondary N) is 2. The molecule has 1 amide bonds. The summed E-state index contributed by atoms with van der Waals surface area (Å²) in [5.74, 6) is -0.0423. The molecule has 3 aromatic carbocycles. The van der Waals surface area contributed by atoms with Crippen molar-refractivity contribution in [2.24, 2.45) is 0 Å². The highest BCUT2D eigenvalue weighted by Gasteiger charge is 2.31. The van der Waals surface area contributed by atoms with E-state index in [-0.39, 0.29) is 5.69 Å². The molecular formula is C22H18ClF3N2O2. The second kappa shape index (κ2) is 9.09. The summed E-state index contributed by atoms with van der Waals surface area (Å²) in [7, 11) is 1.49. The average molecular weight is 435 g/mol. The zero-order valence-corrected chi connectivity index (χ0v) is 16.6. The molecule has 8 heteroatoms. The first-order chi connectivity index (χ1) is 14.3. The quantitative estimate of drug-likeness (QED) is 0.488. The molecule has 0 heterocycles. The van der Waals surface area contributed by atoms with Gasteiger partial charge >= 0.3 is 6.18 Å². The number of hydrogen-bond acceptors (Lipinski definition) is 3. The van der Waals surface area contributed by atoms with E-state index in [2.05, 4.69) is 10.6 Å². The van der Waals surface area contributed by atoms with Crippen molar-refractivity contribution in [1.29, 1.82) is 0 Å². The van der Waals surface area contributed by atoms with E-state index in [1.807, 2.05) is 0 Å². The molecular weight excluding hydrogens is 417 g/mol. The number of methoxy groups -OCH3 is 1. The molecule has 4 nitrogen and oxygen atoms in total. The Morgan fingerprint density at radius 2 is 1.70 bits per heavy atom. The van der Waals surface area contributed by atoms with Crippen LogP contribution in [0, 0.1) is 0 Å². The van der Waals surface area contributed by atoms with Gasteiger partial charge in [-0.2, -0.15) is 13.2 Å². The summed E-state index contributed by atoms with van der Waals surface area (Å²) >= 11 is 6.16. The highest BCUT2D eigenvalue weighted by atomic mass is 35.5. The summed E-state index contributed by atoms with van der Waals surface area (Å²) in [6.45, 7) is 0. The van der Waals surface area contributed by atoms with Crippen molar-refractivity contribution >= 4 is 28.9 Å². The van der Waals surface area contributed by atoms with Gasteiger partial charge in [0.15, 0.2) is 0 Å². The molecule has 0 bridgehead atoms. The zero-order valence-electron chi connectivity index (χ0n) is 15.8. The molecule has 0 spiro atoms. The van der Waals surface area contributed by atoms with Gasteiger partial charge in [0.1, 0.15) is 11.8 Å². The molecule has 0 aliphatic rings. The van der Waals surface area contributed by atoms with Crippen LogP contribution in [0.15, 0.2) is 72.8 Å². The molecule has 156 valence electrons.